The van der Waals surface area contributed by atoms with Crippen LogP contribution < -0.4 is 5.32 Å². The minimum Gasteiger partial charge on any atom is -0.360 e. The molecule has 2 aliphatic heterocycles. The van der Waals surface area contributed by atoms with Crippen molar-refractivity contribution in [1.82, 2.24) is 5.32 Å². The summed E-state index contributed by atoms with van der Waals surface area (Å²) >= 11 is 5.90. The van der Waals surface area contributed by atoms with Crippen molar-refractivity contribution >= 4 is 11.6 Å². The van der Waals surface area contributed by atoms with E-state index in [0.29, 0.717) is 5.92 Å². The van der Waals surface area contributed by atoms with Crippen LogP contribution in [0.2, 0.25) is 0 Å². The van der Waals surface area contributed by atoms with Gasteiger partial charge in [-0.25, -0.2) is 0 Å². The summed E-state index contributed by atoms with van der Waals surface area (Å²) in [5.74, 6) is 0.490. The van der Waals surface area contributed by atoms with E-state index in [-0.39, 0.29) is 17.7 Å². The van der Waals surface area contributed by atoms with Crippen LogP contribution in [0.4, 0.5) is 0 Å². The number of nitrogens with zero attached hydrogens (tertiary/aromatic N) is 1. The molecule has 0 amide bonds. The second-order valence-corrected chi connectivity index (χ2v) is 3.93. The summed E-state index contributed by atoms with van der Waals surface area (Å²) in [7, 11) is 0. The molecule has 3 nitrogen and oxygen atoms in total. The van der Waals surface area contributed by atoms with Crippen LogP contribution in [0.5, 0.6) is 0 Å². The van der Waals surface area contributed by atoms with E-state index in [1.54, 1.807) is 0 Å². The van der Waals surface area contributed by atoms with Crippen molar-refractivity contribution in [2.24, 2.45) is 5.92 Å². The average Bonchev–Trinajstić information content (AvgIpc) is 2.46. The Labute approximate surface area is 76.6 Å². The molecular formula is C8H11ClN2O. The van der Waals surface area contributed by atoms with Gasteiger partial charge in [-0.15, -0.1) is 11.6 Å². The quantitative estimate of drug-likeness (QED) is 0.451. The molecule has 0 aromatic carbocycles. The molecule has 2 fully saturated rings. The molecule has 1 N–H and O–H groups in total. The molecule has 4 heteroatoms. The maximum absolute atomic E-state index is 8.65. The lowest BCUT2D eigenvalue weighted by molar-refractivity contribution is 0.0421. The third-order valence-corrected chi connectivity index (χ3v) is 2.90. The number of rotatable bonds is 0. The zero-order chi connectivity index (χ0) is 8.55. The highest BCUT2D eigenvalue weighted by atomic mass is 35.5. The van der Waals surface area contributed by atoms with Crippen molar-refractivity contribution in [1.29, 1.82) is 5.26 Å². The van der Waals surface area contributed by atoms with Crippen molar-refractivity contribution in [3.63, 3.8) is 0 Å². The van der Waals surface area contributed by atoms with Crippen molar-refractivity contribution in [3.05, 3.63) is 0 Å². The lowest BCUT2D eigenvalue weighted by atomic mass is 9.94. The van der Waals surface area contributed by atoms with E-state index in [1.807, 2.05) is 0 Å². The van der Waals surface area contributed by atoms with Gasteiger partial charge in [0, 0.05) is 18.9 Å². The van der Waals surface area contributed by atoms with Gasteiger partial charge < -0.3 is 10.1 Å². The zero-order valence-electron chi connectivity index (χ0n) is 6.66. The van der Waals surface area contributed by atoms with E-state index in [9.17, 15) is 0 Å². The number of ether oxygens (including phenoxy) is 1. The number of nitrogens with one attached hydrogen (secondary N) is 1. The van der Waals surface area contributed by atoms with Crippen LogP contribution in [0.1, 0.15) is 12.8 Å². The second kappa shape index (κ2) is 3.21. The van der Waals surface area contributed by atoms with Crippen LogP contribution in [0.3, 0.4) is 0 Å². The average molecular weight is 187 g/mol. The lowest BCUT2D eigenvalue weighted by Gasteiger charge is -2.28. The summed E-state index contributed by atoms with van der Waals surface area (Å²) in [5, 5.41) is 11.8. The van der Waals surface area contributed by atoms with Gasteiger partial charge >= 0.3 is 0 Å². The molecular weight excluding hydrogens is 176 g/mol. The van der Waals surface area contributed by atoms with Crippen molar-refractivity contribution in [3.8, 4) is 6.07 Å². The fourth-order valence-electron chi connectivity index (χ4n) is 1.92. The maximum Gasteiger partial charge on any atom is 0.144 e. The largest absolute Gasteiger partial charge is 0.360 e. The number of halogens is 1. The Morgan fingerprint density at radius 1 is 1.50 bits per heavy atom. The Morgan fingerprint density at radius 2 is 2.33 bits per heavy atom. The van der Waals surface area contributed by atoms with E-state index in [4.69, 9.17) is 21.6 Å². The molecule has 0 aromatic heterocycles. The normalized spacial score (nSPS) is 46.7. The van der Waals surface area contributed by atoms with E-state index in [0.717, 1.165) is 19.4 Å². The highest BCUT2D eigenvalue weighted by molar-refractivity contribution is 6.20. The number of fused-ring (bicyclic) bond motifs is 1. The Kier molecular flexibility index (Phi) is 2.22. The third kappa shape index (κ3) is 1.42. The molecule has 0 radical (unpaired) electrons. The molecule has 2 heterocycles. The highest BCUT2D eigenvalue weighted by Crippen LogP contribution is 2.32. The van der Waals surface area contributed by atoms with Gasteiger partial charge in [0.2, 0.25) is 0 Å². The first-order chi connectivity index (χ1) is 5.79. The van der Waals surface area contributed by atoms with E-state index in [1.165, 1.54) is 0 Å². The van der Waals surface area contributed by atoms with Gasteiger partial charge in [0.1, 0.15) is 6.10 Å². The van der Waals surface area contributed by atoms with Crippen LogP contribution in [-0.2, 0) is 4.74 Å². The van der Waals surface area contributed by atoms with Gasteiger partial charge in [0.15, 0.2) is 0 Å². The monoisotopic (exact) mass is 186 g/mol. The van der Waals surface area contributed by atoms with Gasteiger partial charge in [0.05, 0.1) is 17.7 Å². The van der Waals surface area contributed by atoms with Gasteiger partial charge in [-0.2, -0.15) is 5.26 Å². The smallest absolute Gasteiger partial charge is 0.144 e. The molecule has 2 aliphatic rings. The summed E-state index contributed by atoms with van der Waals surface area (Å²) in [6.07, 6.45) is 1.68. The Morgan fingerprint density at radius 3 is 3.08 bits per heavy atom. The summed E-state index contributed by atoms with van der Waals surface area (Å²) < 4.78 is 5.50. The van der Waals surface area contributed by atoms with Crippen LogP contribution in [0, 0.1) is 17.2 Å². The zero-order valence-corrected chi connectivity index (χ0v) is 7.42. The van der Waals surface area contributed by atoms with Crippen molar-refractivity contribution in [2.45, 2.75) is 30.6 Å². The van der Waals surface area contributed by atoms with Gasteiger partial charge in [-0.05, 0) is 6.42 Å². The van der Waals surface area contributed by atoms with Crippen LogP contribution in [-0.4, -0.2) is 24.3 Å². The van der Waals surface area contributed by atoms with Crippen LogP contribution in [0.25, 0.3) is 0 Å². The van der Waals surface area contributed by atoms with Crippen molar-refractivity contribution in [2.75, 3.05) is 6.54 Å². The molecule has 0 bridgehead atoms. The SMILES string of the molecule is N#CC1CC2CNC(Cl)CC2O1. The molecule has 0 aliphatic carbocycles. The first-order valence-corrected chi connectivity index (χ1v) is 4.66. The molecule has 4 atom stereocenters. The van der Waals surface area contributed by atoms with Crippen LogP contribution in [0.15, 0.2) is 0 Å². The summed E-state index contributed by atoms with van der Waals surface area (Å²) in [6.45, 7) is 0.886. The minimum absolute atomic E-state index is 0.0173. The molecule has 2 saturated heterocycles. The molecule has 0 spiro atoms. The number of alkyl halides is 1. The maximum atomic E-state index is 8.65. The molecule has 4 unspecified atom stereocenters. The molecule has 0 saturated carbocycles. The number of hydrogen-bond donors (Lipinski definition) is 1. The number of nitriles is 1. The second-order valence-electron chi connectivity index (χ2n) is 3.40. The molecule has 12 heavy (non-hydrogen) atoms. The predicted octanol–water partition coefficient (Wildman–Crippen LogP) is 0.842. The van der Waals surface area contributed by atoms with Gasteiger partial charge in [0.25, 0.3) is 0 Å². The summed E-state index contributed by atoms with van der Waals surface area (Å²) in [5.41, 5.74) is 0.0173. The van der Waals surface area contributed by atoms with Gasteiger partial charge in [-0.1, -0.05) is 0 Å². The Bertz CT molecular complexity index is 216. The van der Waals surface area contributed by atoms with Crippen LogP contribution >= 0.6 is 11.6 Å². The standard InChI is InChI=1S/C8H11ClN2O/c9-8-2-7-5(4-11-8)1-6(3-10)12-7/h5-8,11H,1-2,4H2. The topological polar surface area (TPSA) is 45.0 Å². The van der Waals surface area contributed by atoms with E-state index < -0.39 is 0 Å². The first-order valence-electron chi connectivity index (χ1n) is 4.22. The minimum atomic E-state index is -0.205. The number of hydrogen-bond acceptors (Lipinski definition) is 3. The fourth-order valence-corrected chi connectivity index (χ4v) is 2.18. The summed E-state index contributed by atoms with van der Waals surface area (Å²) in [6, 6.07) is 2.14. The Balaban J connectivity index is 1.99. The predicted molar refractivity (Wildman–Crippen MR) is 44.6 cm³/mol. The van der Waals surface area contributed by atoms with Gasteiger partial charge in [-0.3, -0.25) is 0 Å². The molecule has 0 aromatic rings. The fraction of sp³-hybridized carbons (Fsp3) is 0.875. The third-order valence-electron chi connectivity index (χ3n) is 2.57. The lowest BCUT2D eigenvalue weighted by Crippen LogP contribution is -2.42. The molecule has 66 valence electrons. The number of piperidine rings is 1. The Hall–Kier alpha value is -0.300. The first kappa shape index (κ1) is 8.31. The highest BCUT2D eigenvalue weighted by Gasteiger charge is 2.38. The van der Waals surface area contributed by atoms with E-state index in [2.05, 4.69) is 11.4 Å². The van der Waals surface area contributed by atoms with Crippen molar-refractivity contribution < 1.29 is 4.74 Å². The van der Waals surface area contributed by atoms with E-state index >= 15 is 0 Å². The summed E-state index contributed by atoms with van der Waals surface area (Å²) in [4.78, 5) is 0. The molecule has 2 rings (SSSR count).